The van der Waals surface area contributed by atoms with Crippen LogP contribution < -0.4 is 10.2 Å². The molecule has 1 atom stereocenters. The smallest absolute Gasteiger partial charge is 0.255 e. The van der Waals surface area contributed by atoms with E-state index in [0.29, 0.717) is 11.3 Å². The minimum Gasteiger partial charge on any atom is -0.366 e. The van der Waals surface area contributed by atoms with E-state index in [1.807, 2.05) is 12.1 Å². The van der Waals surface area contributed by atoms with Crippen LogP contribution in [0.15, 0.2) is 72.8 Å². The van der Waals surface area contributed by atoms with Crippen LogP contribution in [0.3, 0.4) is 0 Å². The Balaban J connectivity index is 1.46. The highest BCUT2D eigenvalue weighted by molar-refractivity contribution is 6.04. The number of hydrogen-bond acceptors (Lipinski definition) is 3. The molecular formula is C26H26FN3O. The number of nitrogens with zero attached hydrogens (tertiary/aromatic N) is 2. The number of anilines is 2. The fourth-order valence-corrected chi connectivity index (χ4v) is 5.02. The van der Waals surface area contributed by atoms with Crippen molar-refractivity contribution in [3.63, 3.8) is 0 Å². The van der Waals surface area contributed by atoms with E-state index in [2.05, 4.69) is 58.6 Å². The van der Waals surface area contributed by atoms with Gasteiger partial charge >= 0.3 is 0 Å². The fourth-order valence-electron chi connectivity index (χ4n) is 5.02. The van der Waals surface area contributed by atoms with Crippen LogP contribution in [0.5, 0.6) is 0 Å². The molecule has 2 aliphatic heterocycles. The Kier molecular flexibility index (Phi) is 4.98. The minimum atomic E-state index is -0.318. The van der Waals surface area contributed by atoms with Crippen molar-refractivity contribution in [2.24, 2.45) is 0 Å². The van der Waals surface area contributed by atoms with Gasteiger partial charge in [0.25, 0.3) is 5.91 Å². The largest absolute Gasteiger partial charge is 0.366 e. The van der Waals surface area contributed by atoms with Gasteiger partial charge in [0.05, 0.1) is 0 Å². The van der Waals surface area contributed by atoms with E-state index in [-0.39, 0.29) is 17.1 Å². The minimum absolute atomic E-state index is 0.0467. The lowest BCUT2D eigenvalue weighted by Gasteiger charge is -2.26. The van der Waals surface area contributed by atoms with Crippen molar-refractivity contribution in [3.05, 3.63) is 95.3 Å². The summed E-state index contributed by atoms with van der Waals surface area (Å²) in [5, 5.41) is 2.89. The zero-order valence-corrected chi connectivity index (χ0v) is 17.6. The molecule has 0 bridgehead atoms. The number of amides is 1. The zero-order chi connectivity index (χ0) is 21.4. The third-order valence-electron chi connectivity index (χ3n) is 6.53. The molecule has 1 saturated heterocycles. The van der Waals surface area contributed by atoms with Gasteiger partial charge in [0.15, 0.2) is 0 Å². The predicted octanol–water partition coefficient (Wildman–Crippen LogP) is 4.67. The standard InChI is InChI=1S/C26H26FN3O/c1-29-14-13-26(17-29)18-30(16-19-5-3-2-4-6-19)24-12-7-20(15-23(24)26)25(31)28-22-10-8-21(27)9-11-22/h2-12,15H,13-14,16-18H2,1H3,(H,28,31). The molecule has 5 heteroatoms. The predicted molar refractivity (Wildman–Crippen MR) is 122 cm³/mol. The molecule has 1 unspecified atom stereocenters. The Bertz CT molecular complexity index is 1100. The summed E-state index contributed by atoms with van der Waals surface area (Å²) in [7, 11) is 2.17. The van der Waals surface area contributed by atoms with Crippen molar-refractivity contribution in [3.8, 4) is 0 Å². The molecule has 31 heavy (non-hydrogen) atoms. The van der Waals surface area contributed by atoms with E-state index in [9.17, 15) is 9.18 Å². The molecule has 3 aromatic rings. The lowest BCUT2D eigenvalue weighted by Crippen LogP contribution is -2.35. The second-order valence-electron chi connectivity index (χ2n) is 8.80. The van der Waals surface area contributed by atoms with Gasteiger partial charge in [-0.1, -0.05) is 30.3 Å². The maximum Gasteiger partial charge on any atom is 0.255 e. The van der Waals surface area contributed by atoms with Crippen molar-refractivity contribution >= 4 is 17.3 Å². The summed E-state index contributed by atoms with van der Waals surface area (Å²) >= 11 is 0. The molecule has 0 aromatic heterocycles. The SMILES string of the molecule is CN1CCC2(C1)CN(Cc1ccccc1)c1ccc(C(=O)Nc3ccc(F)cc3)cc12. The molecule has 2 aliphatic rings. The van der Waals surface area contributed by atoms with Crippen molar-refractivity contribution in [1.29, 1.82) is 0 Å². The number of fused-ring (bicyclic) bond motifs is 2. The van der Waals surface area contributed by atoms with Crippen LogP contribution >= 0.6 is 0 Å². The van der Waals surface area contributed by atoms with E-state index < -0.39 is 0 Å². The highest BCUT2D eigenvalue weighted by atomic mass is 19.1. The van der Waals surface area contributed by atoms with E-state index in [1.54, 1.807) is 12.1 Å². The maximum atomic E-state index is 13.2. The van der Waals surface area contributed by atoms with Gasteiger partial charge in [-0.15, -0.1) is 0 Å². The summed E-state index contributed by atoms with van der Waals surface area (Å²) in [5.74, 6) is -0.487. The highest BCUT2D eigenvalue weighted by Crippen LogP contribution is 2.47. The quantitative estimate of drug-likeness (QED) is 0.673. The molecule has 4 nitrogen and oxygen atoms in total. The third-order valence-corrected chi connectivity index (χ3v) is 6.53. The van der Waals surface area contributed by atoms with Crippen LogP contribution in [0.4, 0.5) is 15.8 Å². The number of likely N-dealkylation sites (N-methyl/N-ethyl adjacent to an activating group) is 1. The zero-order valence-electron chi connectivity index (χ0n) is 17.6. The van der Waals surface area contributed by atoms with Gasteiger partial charge in [0.2, 0.25) is 0 Å². The number of likely N-dealkylation sites (tertiary alicyclic amines) is 1. The molecule has 1 fully saturated rings. The Morgan fingerprint density at radius 1 is 1.03 bits per heavy atom. The van der Waals surface area contributed by atoms with Gasteiger partial charge in [-0.05, 0) is 73.6 Å². The number of hydrogen-bond donors (Lipinski definition) is 1. The molecule has 0 saturated carbocycles. The van der Waals surface area contributed by atoms with E-state index in [0.717, 1.165) is 32.6 Å². The fraction of sp³-hybridized carbons (Fsp3) is 0.269. The van der Waals surface area contributed by atoms with E-state index in [4.69, 9.17) is 0 Å². The number of benzene rings is 3. The van der Waals surface area contributed by atoms with Crippen molar-refractivity contribution in [2.75, 3.05) is 36.9 Å². The summed E-state index contributed by atoms with van der Waals surface area (Å²) in [6.45, 7) is 3.88. The summed E-state index contributed by atoms with van der Waals surface area (Å²) in [4.78, 5) is 17.7. The number of rotatable bonds is 4. The van der Waals surface area contributed by atoms with Gasteiger partial charge in [0, 0.05) is 42.0 Å². The van der Waals surface area contributed by atoms with Crippen LogP contribution in [-0.2, 0) is 12.0 Å². The molecule has 1 N–H and O–H groups in total. The summed E-state index contributed by atoms with van der Waals surface area (Å²) in [6.07, 6.45) is 1.09. The molecule has 3 aromatic carbocycles. The maximum absolute atomic E-state index is 13.2. The number of carbonyl (C=O) groups excluding carboxylic acids is 1. The lowest BCUT2D eigenvalue weighted by molar-refractivity contribution is 0.102. The average Bonchev–Trinajstić information content (AvgIpc) is 3.30. The molecule has 0 radical (unpaired) electrons. The van der Waals surface area contributed by atoms with Gasteiger partial charge < -0.3 is 15.1 Å². The monoisotopic (exact) mass is 415 g/mol. The molecule has 158 valence electrons. The van der Waals surface area contributed by atoms with E-state index >= 15 is 0 Å². The Labute approximate surface area is 182 Å². The van der Waals surface area contributed by atoms with Crippen molar-refractivity contribution in [1.82, 2.24) is 4.90 Å². The van der Waals surface area contributed by atoms with Crippen LogP contribution in [0.2, 0.25) is 0 Å². The van der Waals surface area contributed by atoms with Gasteiger partial charge in [-0.25, -0.2) is 4.39 Å². The van der Waals surface area contributed by atoms with Gasteiger partial charge in [-0.3, -0.25) is 4.79 Å². The Morgan fingerprint density at radius 3 is 2.52 bits per heavy atom. The number of carbonyl (C=O) groups is 1. The first-order valence-electron chi connectivity index (χ1n) is 10.7. The molecule has 2 heterocycles. The van der Waals surface area contributed by atoms with Crippen LogP contribution in [0.25, 0.3) is 0 Å². The first-order valence-corrected chi connectivity index (χ1v) is 10.7. The topological polar surface area (TPSA) is 35.6 Å². The summed E-state index contributed by atoms with van der Waals surface area (Å²) in [6, 6.07) is 22.4. The normalized spacial score (nSPS) is 20.3. The molecule has 0 aliphatic carbocycles. The Morgan fingerprint density at radius 2 is 1.81 bits per heavy atom. The van der Waals surface area contributed by atoms with E-state index in [1.165, 1.54) is 28.9 Å². The lowest BCUT2D eigenvalue weighted by atomic mass is 9.81. The van der Waals surface area contributed by atoms with Gasteiger partial charge in [0.1, 0.15) is 5.82 Å². The second-order valence-corrected chi connectivity index (χ2v) is 8.80. The first-order chi connectivity index (χ1) is 15.0. The van der Waals surface area contributed by atoms with Crippen LogP contribution in [0.1, 0.15) is 27.9 Å². The molecule has 1 amide bonds. The number of nitrogens with one attached hydrogen (secondary N) is 1. The summed E-state index contributed by atoms with van der Waals surface area (Å²) in [5.41, 5.74) is 5.05. The highest BCUT2D eigenvalue weighted by Gasteiger charge is 2.46. The van der Waals surface area contributed by atoms with Crippen molar-refractivity contribution in [2.45, 2.75) is 18.4 Å². The second kappa shape index (κ2) is 7.82. The molecule has 1 spiro atoms. The average molecular weight is 416 g/mol. The van der Waals surface area contributed by atoms with Gasteiger partial charge in [-0.2, -0.15) is 0 Å². The Hall–Kier alpha value is -3.18. The molecule has 5 rings (SSSR count). The molecular weight excluding hydrogens is 389 g/mol. The van der Waals surface area contributed by atoms with Crippen LogP contribution in [-0.4, -0.2) is 37.5 Å². The third kappa shape index (κ3) is 3.81. The van der Waals surface area contributed by atoms with Crippen LogP contribution in [0, 0.1) is 5.82 Å². The number of halogens is 1. The van der Waals surface area contributed by atoms with Crippen molar-refractivity contribution < 1.29 is 9.18 Å². The summed E-state index contributed by atoms with van der Waals surface area (Å²) < 4.78 is 13.2. The first kappa shape index (κ1) is 19.8.